The summed E-state index contributed by atoms with van der Waals surface area (Å²) in [5.74, 6) is 0.884. The van der Waals surface area contributed by atoms with Crippen LogP contribution in [0.3, 0.4) is 0 Å². The minimum atomic E-state index is 0.122. The maximum Gasteiger partial charge on any atom is 0.140 e. The fourth-order valence-electron chi connectivity index (χ4n) is 1.67. The molecule has 2 rings (SSSR count). The van der Waals surface area contributed by atoms with Gasteiger partial charge in [0, 0.05) is 19.1 Å². The molecule has 0 fully saturated rings. The topological polar surface area (TPSA) is 40.3 Å². The zero-order valence-corrected chi connectivity index (χ0v) is 10.3. The molecule has 88 valence electrons. The SMILES string of the molecule is [2H]C1=C(C)C(C)C(=NN=Nc2ccccc2)N1C. The summed E-state index contributed by atoms with van der Waals surface area (Å²) in [5.41, 5.74) is 1.78. The molecule has 1 aromatic rings. The number of nitrogens with zero attached hydrogens (tertiary/aromatic N) is 4. The van der Waals surface area contributed by atoms with Gasteiger partial charge >= 0.3 is 0 Å². The van der Waals surface area contributed by atoms with E-state index in [1.54, 1.807) is 4.90 Å². The number of amidine groups is 1. The third-order valence-corrected chi connectivity index (χ3v) is 2.79. The zero-order valence-electron chi connectivity index (χ0n) is 11.3. The maximum atomic E-state index is 7.86. The molecule has 4 nitrogen and oxygen atoms in total. The molecule has 1 heterocycles. The minimum Gasteiger partial charge on any atom is -0.338 e. The number of benzene rings is 1. The van der Waals surface area contributed by atoms with E-state index in [4.69, 9.17) is 1.37 Å². The molecular formula is C13H16N4. The quantitative estimate of drug-likeness (QED) is 0.564. The lowest BCUT2D eigenvalue weighted by molar-refractivity contribution is 0.675. The molecule has 0 saturated heterocycles. The molecule has 1 aromatic carbocycles. The molecular weight excluding hydrogens is 212 g/mol. The van der Waals surface area contributed by atoms with Crippen molar-refractivity contribution in [2.45, 2.75) is 13.8 Å². The van der Waals surface area contributed by atoms with Crippen molar-refractivity contribution in [1.29, 1.82) is 0 Å². The van der Waals surface area contributed by atoms with Crippen LogP contribution in [0.25, 0.3) is 0 Å². The van der Waals surface area contributed by atoms with Gasteiger partial charge in [-0.2, -0.15) is 0 Å². The average molecular weight is 229 g/mol. The van der Waals surface area contributed by atoms with E-state index in [-0.39, 0.29) is 5.92 Å². The predicted molar refractivity (Wildman–Crippen MR) is 69.1 cm³/mol. The fraction of sp³-hybridized carbons (Fsp3) is 0.308. The Labute approximate surface area is 103 Å². The van der Waals surface area contributed by atoms with E-state index >= 15 is 0 Å². The fourth-order valence-corrected chi connectivity index (χ4v) is 1.67. The lowest BCUT2D eigenvalue weighted by Gasteiger charge is -2.10. The van der Waals surface area contributed by atoms with Gasteiger partial charge in [-0.25, -0.2) is 0 Å². The molecule has 0 amide bonds. The van der Waals surface area contributed by atoms with Crippen molar-refractivity contribution in [3.63, 3.8) is 0 Å². The van der Waals surface area contributed by atoms with Crippen molar-refractivity contribution in [2.24, 2.45) is 21.4 Å². The Bertz CT molecular complexity index is 499. The average Bonchev–Trinajstić information content (AvgIpc) is 2.57. The van der Waals surface area contributed by atoms with Crippen LogP contribution in [-0.2, 0) is 0 Å². The summed E-state index contributed by atoms with van der Waals surface area (Å²) in [6.07, 6.45) is 0.496. The summed E-state index contributed by atoms with van der Waals surface area (Å²) < 4.78 is 7.86. The van der Waals surface area contributed by atoms with E-state index in [2.05, 4.69) is 15.4 Å². The van der Waals surface area contributed by atoms with Gasteiger partial charge in [0.25, 0.3) is 0 Å². The van der Waals surface area contributed by atoms with Gasteiger partial charge in [0.05, 0.1) is 7.06 Å². The van der Waals surface area contributed by atoms with Gasteiger partial charge in [-0.3, -0.25) is 0 Å². The normalized spacial score (nSPS) is 23.9. The molecule has 0 aromatic heterocycles. The summed E-state index contributed by atoms with van der Waals surface area (Å²) in [4.78, 5) is 1.74. The molecule has 4 heteroatoms. The summed E-state index contributed by atoms with van der Waals surface area (Å²) in [6.45, 7) is 3.96. The summed E-state index contributed by atoms with van der Waals surface area (Å²) in [7, 11) is 1.83. The van der Waals surface area contributed by atoms with Crippen LogP contribution in [-0.4, -0.2) is 17.8 Å². The van der Waals surface area contributed by atoms with Crippen LogP contribution in [0.5, 0.6) is 0 Å². The van der Waals surface area contributed by atoms with Crippen molar-refractivity contribution in [3.05, 3.63) is 42.1 Å². The molecule has 0 aliphatic carbocycles. The Morgan fingerprint density at radius 3 is 2.59 bits per heavy atom. The van der Waals surface area contributed by atoms with Crippen molar-refractivity contribution in [2.75, 3.05) is 7.05 Å². The minimum absolute atomic E-state index is 0.122. The van der Waals surface area contributed by atoms with E-state index < -0.39 is 0 Å². The van der Waals surface area contributed by atoms with Gasteiger partial charge in [0.15, 0.2) is 0 Å². The number of hydrogen-bond acceptors (Lipinski definition) is 2. The number of hydrogen-bond donors (Lipinski definition) is 0. The molecule has 1 atom stereocenters. The highest BCUT2D eigenvalue weighted by molar-refractivity contribution is 5.89. The van der Waals surface area contributed by atoms with Crippen LogP contribution in [0.1, 0.15) is 15.2 Å². The second-order valence-corrected chi connectivity index (χ2v) is 4.06. The summed E-state index contributed by atoms with van der Waals surface area (Å²) in [5, 5.41) is 12.0. The smallest absolute Gasteiger partial charge is 0.140 e. The second kappa shape index (κ2) is 4.91. The first-order valence-electron chi connectivity index (χ1n) is 6.06. The van der Waals surface area contributed by atoms with Crippen LogP contribution < -0.4 is 0 Å². The Hall–Kier alpha value is -1.97. The van der Waals surface area contributed by atoms with Crippen LogP contribution in [0.2, 0.25) is 0 Å². The van der Waals surface area contributed by atoms with Crippen molar-refractivity contribution < 1.29 is 1.37 Å². The van der Waals surface area contributed by atoms with Crippen LogP contribution in [0, 0.1) is 5.92 Å². The molecule has 1 aliphatic heterocycles. The number of rotatable bonds is 2. The molecule has 0 bridgehead atoms. The lowest BCUT2D eigenvalue weighted by Crippen LogP contribution is -2.20. The van der Waals surface area contributed by atoms with E-state index in [9.17, 15) is 0 Å². The molecule has 0 spiro atoms. The van der Waals surface area contributed by atoms with Gasteiger partial charge < -0.3 is 4.90 Å². The van der Waals surface area contributed by atoms with Crippen molar-refractivity contribution in [1.82, 2.24) is 4.90 Å². The molecule has 1 unspecified atom stereocenters. The predicted octanol–water partition coefficient (Wildman–Crippen LogP) is 3.57. The molecule has 17 heavy (non-hydrogen) atoms. The highest BCUT2D eigenvalue weighted by atomic mass is 15.4. The van der Waals surface area contributed by atoms with Crippen molar-refractivity contribution in [3.8, 4) is 0 Å². The monoisotopic (exact) mass is 229 g/mol. The zero-order chi connectivity index (χ0) is 13.1. The molecule has 1 aliphatic rings. The van der Waals surface area contributed by atoms with E-state index in [0.29, 0.717) is 6.18 Å². The molecule has 0 N–H and O–H groups in total. The van der Waals surface area contributed by atoms with Gasteiger partial charge in [0.2, 0.25) is 0 Å². The third kappa shape index (κ3) is 2.58. The van der Waals surface area contributed by atoms with Crippen LogP contribution in [0.4, 0.5) is 5.69 Å². The van der Waals surface area contributed by atoms with E-state index in [1.807, 2.05) is 51.2 Å². The maximum absolute atomic E-state index is 7.86. The Balaban J connectivity index is 2.15. The van der Waals surface area contributed by atoms with Crippen molar-refractivity contribution >= 4 is 11.5 Å². The first-order chi connectivity index (χ1) is 8.61. The Kier molecular flexibility index (Phi) is 2.95. The Morgan fingerprint density at radius 1 is 1.29 bits per heavy atom. The Morgan fingerprint density at radius 2 is 2.00 bits per heavy atom. The summed E-state index contributed by atoms with van der Waals surface area (Å²) in [6, 6.07) is 9.46. The van der Waals surface area contributed by atoms with Crippen LogP contribution >= 0.6 is 0 Å². The highest BCUT2D eigenvalue weighted by Crippen LogP contribution is 2.22. The first-order valence-corrected chi connectivity index (χ1v) is 5.56. The van der Waals surface area contributed by atoms with E-state index in [1.165, 1.54) is 0 Å². The third-order valence-electron chi connectivity index (χ3n) is 2.79. The molecule has 0 saturated carbocycles. The first kappa shape index (κ1) is 10.2. The van der Waals surface area contributed by atoms with Gasteiger partial charge in [-0.15, -0.1) is 10.2 Å². The van der Waals surface area contributed by atoms with Crippen LogP contribution in [0.15, 0.2) is 57.5 Å². The largest absolute Gasteiger partial charge is 0.338 e. The van der Waals surface area contributed by atoms with Gasteiger partial charge in [-0.1, -0.05) is 25.1 Å². The standard InChI is InChI=1S/C13H16N4/c1-10-9-17(3)13(11(10)2)15-16-14-12-7-5-4-6-8-12/h4-9,11H,1-3H3/i9D. The summed E-state index contributed by atoms with van der Waals surface area (Å²) >= 11 is 0. The lowest BCUT2D eigenvalue weighted by atomic mass is 10.1. The van der Waals surface area contributed by atoms with Gasteiger partial charge in [-0.05, 0) is 29.9 Å². The van der Waals surface area contributed by atoms with E-state index in [0.717, 1.165) is 17.1 Å². The molecule has 0 radical (unpaired) electrons. The van der Waals surface area contributed by atoms with Gasteiger partial charge in [0.1, 0.15) is 5.84 Å². The second-order valence-electron chi connectivity index (χ2n) is 4.06. The highest BCUT2D eigenvalue weighted by Gasteiger charge is 2.22.